The van der Waals surface area contributed by atoms with E-state index in [0.717, 1.165) is 12.2 Å². The van der Waals surface area contributed by atoms with Gasteiger partial charge >= 0.3 is 5.97 Å². The molecule has 0 aliphatic carbocycles. The average molecular weight is 313 g/mol. The van der Waals surface area contributed by atoms with Crippen LogP contribution in [0.1, 0.15) is 44.4 Å². The molecule has 1 atom stereocenters. The Bertz CT molecular complexity index is 766. The summed E-state index contributed by atoms with van der Waals surface area (Å²) in [5.74, 6) is 0.218. The second-order valence-corrected chi connectivity index (χ2v) is 5.97. The molecular formula is C17H19N3O3. The van der Waals surface area contributed by atoms with E-state index in [1.807, 2.05) is 22.7 Å². The Morgan fingerprint density at radius 3 is 2.74 bits per heavy atom. The number of hydrogen-bond acceptors (Lipinski definition) is 3. The molecule has 0 saturated carbocycles. The molecule has 6 nitrogen and oxygen atoms in total. The van der Waals surface area contributed by atoms with E-state index in [0.29, 0.717) is 24.2 Å². The van der Waals surface area contributed by atoms with Crippen LogP contribution < -0.4 is 0 Å². The first-order valence-corrected chi connectivity index (χ1v) is 7.58. The lowest BCUT2D eigenvalue weighted by atomic mass is 10.0. The van der Waals surface area contributed by atoms with Crippen molar-refractivity contribution in [1.29, 1.82) is 0 Å². The van der Waals surface area contributed by atoms with Gasteiger partial charge in [-0.25, -0.2) is 9.78 Å². The van der Waals surface area contributed by atoms with E-state index >= 15 is 0 Å². The summed E-state index contributed by atoms with van der Waals surface area (Å²) in [6, 6.07) is 4.63. The topological polar surface area (TPSA) is 75.4 Å². The largest absolute Gasteiger partial charge is 0.478 e. The lowest BCUT2D eigenvalue weighted by Crippen LogP contribution is -2.29. The predicted octanol–water partition coefficient (Wildman–Crippen LogP) is 2.06. The molecule has 1 aromatic heterocycles. The highest BCUT2D eigenvalue weighted by molar-refractivity contribution is 5.97. The van der Waals surface area contributed by atoms with Crippen LogP contribution in [0.15, 0.2) is 30.6 Å². The van der Waals surface area contributed by atoms with Crippen molar-refractivity contribution in [2.45, 2.75) is 19.3 Å². The van der Waals surface area contributed by atoms with Gasteiger partial charge in [-0.15, -0.1) is 0 Å². The molecule has 0 bridgehead atoms. The van der Waals surface area contributed by atoms with Crippen molar-refractivity contribution >= 4 is 11.9 Å². The first-order valence-electron chi connectivity index (χ1n) is 7.58. The number of carboxylic acid groups (broad SMARTS) is 1. The molecule has 1 aliphatic rings. The van der Waals surface area contributed by atoms with Gasteiger partial charge in [0.1, 0.15) is 5.82 Å². The predicted molar refractivity (Wildman–Crippen MR) is 84.6 cm³/mol. The van der Waals surface area contributed by atoms with E-state index in [4.69, 9.17) is 5.11 Å². The quantitative estimate of drug-likeness (QED) is 0.941. The molecule has 6 heteroatoms. The molecule has 1 unspecified atom stereocenters. The maximum atomic E-state index is 12.7. The minimum absolute atomic E-state index is 0.0452. The van der Waals surface area contributed by atoms with E-state index < -0.39 is 5.97 Å². The van der Waals surface area contributed by atoms with Crippen LogP contribution in [0, 0.1) is 6.92 Å². The number of carbonyl (C=O) groups is 2. The van der Waals surface area contributed by atoms with Crippen LogP contribution in [0.4, 0.5) is 0 Å². The molecule has 0 spiro atoms. The number of carboxylic acids is 1. The van der Waals surface area contributed by atoms with Gasteiger partial charge in [0.15, 0.2) is 0 Å². The lowest BCUT2D eigenvalue weighted by molar-refractivity contribution is 0.0694. The second-order valence-electron chi connectivity index (χ2n) is 5.97. The molecular weight excluding hydrogens is 294 g/mol. The third-order valence-electron chi connectivity index (χ3n) is 4.40. The van der Waals surface area contributed by atoms with Gasteiger partial charge in [-0.1, -0.05) is 0 Å². The maximum Gasteiger partial charge on any atom is 0.335 e. The fourth-order valence-corrected chi connectivity index (χ4v) is 3.13. The Hall–Kier alpha value is -2.63. The van der Waals surface area contributed by atoms with Gasteiger partial charge in [0.05, 0.1) is 5.56 Å². The number of aromatic carboxylic acids is 1. The lowest BCUT2D eigenvalue weighted by Gasteiger charge is -2.18. The monoisotopic (exact) mass is 313 g/mol. The minimum atomic E-state index is -0.983. The summed E-state index contributed by atoms with van der Waals surface area (Å²) in [4.78, 5) is 29.9. The maximum absolute atomic E-state index is 12.7. The van der Waals surface area contributed by atoms with Crippen LogP contribution in [-0.4, -0.2) is 44.5 Å². The van der Waals surface area contributed by atoms with Crippen molar-refractivity contribution in [2.24, 2.45) is 7.05 Å². The van der Waals surface area contributed by atoms with E-state index in [-0.39, 0.29) is 17.4 Å². The van der Waals surface area contributed by atoms with E-state index in [2.05, 4.69) is 4.98 Å². The fraction of sp³-hybridized carbons (Fsp3) is 0.353. The number of aromatic nitrogens is 2. The molecule has 23 heavy (non-hydrogen) atoms. The number of benzene rings is 1. The van der Waals surface area contributed by atoms with Gasteiger partial charge in [0.2, 0.25) is 0 Å². The number of nitrogens with zero attached hydrogens (tertiary/aromatic N) is 3. The van der Waals surface area contributed by atoms with Gasteiger partial charge in [0.25, 0.3) is 5.91 Å². The molecule has 1 fully saturated rings. The summed E-state index contributed by atoms with van der Waals surface area (Å²) >= 11 is 0. The summed E-state index contributed by atoms with van der Waals surface area (Å²) < 4.78 is 1.99. The van der Waals surface area contributed by atoms with Crippen LogP contribution in [0.25, 0.3) is 0 Å². The van der Waals surface area contributed by atoms with Crippen molar-refractivity contribution in [2.75, 3.05) is 13.1 Å². The van der Waals surface area contributed by atoms with Crippen molar-refractivity contribution in [3.8, 4) is 0 Å². The smallest absolute Gasteiger partial charge is 0.335 e. The number of hydrogen-bond donors (Lipinski definition) is 1. The Morgan fingerprint density at radius 1 is 1.35 bits per heavy atom. The molecule has 0 radical (unpaired) electrons. The first kappa shape index (κ1) is 15.3. The number of aryl methyl sites for hydroxylation is 2. The zero-order valence-corrected chi connectivity index (χ0v) is 13.2. The Balaban J connectivity index is 1.77. The first-order chi connectivity index (χ1) is 11.0. The standard InChI is InChI=1S/C17H19N3O3/c1-11-9-12(17(22)23)3-4-14(11)16(21)20-7-5-13(10-20)15-18-6-8-19(15)2/h3-4,6,8-9,13H,5,7,10H2,1-2H3,(H,22,23). The third kappa shape index (κ3) is 2.84. The highest BCUT2D eigenvalue weighted by Gasteiger charge is 2.30. The second kappa shape index (κ2) is 5.87. The fourth-order valence-electron chi connectivity index (χ4n) is 3.13. The highest BCUT2D eigenvalue weighted by atomic mass is 16.4. The van der Waals surface area contributed by atoms with E-state index in [1.165, 1.54) is 6.07 Å². The average Bonchev–Trinajstić information content (AvgIpc) is 3.14. The SMILES string of the molecule is Cc1cc(C(=O)O)ccc1C(=O)N1CCC(c2nccn2C)C1. The zero-order valence-electron chi connectivity index (χ0n) is 13.2. The van der Waals surface area contributed by atoms with Gasteiger partial charge in [0, 0.05) is 44.0 Å². The van der Waals surface area contributed by atoms with Crippen molar-refractivity contribution in [3.05, 3.63) is 53.1 Å². The van der Waals surface area contributed by atoms with Crippen LogP contribution in [0.5, 0.6) is 0 Å². The molecule has 1 aliphatic heterocycles. The number of imidazole rings is 1. The van der Waals surface area contributed by atoms with Crippen molar-refractivity contribution in [1.82, 2.24) is 14.5 Å². The third-order valence-corrected chi connectivity index (χ3v) is 4.40. The molecule has 2 aromatic rings. The zero-order chi connectivity index (χ0) is 16.6. The van der Waals surface area contributed by atoms with Gasteiger partial charge < -0.3 is 14.6 Å². The number of amides is 1. The summed E-state index contributed by atoms with van der Waals surface area (Å²) in [5.41, 5.74) is 1.46. The van der Waals surface area contributed by atoms with Crippen LogP contribution >= 0.6 is 0 Å². The molecule has 120 valence electrons. The number of carbonyl (C=O) groups excluding carboxylic acids is 1. The Morgan fingerprint density at radius 2 is 2.13 bits per heavy atom. The summed E-state index contributed by atoms with van der Waals surface area (Å²) in [7, 11) is 1.96. The van der Waals surface area contributed by atoms with Gasteiger partial charge in [-0.05, 0) is 37.1 Å². The molecule has 1 amide bonds. The van der Waals surface area contributed by atoms with E-state index in [9.17, 15) is 9.59 Å². The normalized spacial score (nSPS) is 17.5. The van der Waals surface area contributed by atoms with Gasteiger partial charge in [-0.2, -0.15) is 0 Å². The minimum Gasteiger partial charge on any atom is -0.478 e. The molecule has 2 heterocycles. The van der Waals surface area contributed by atoms with Crippen LogP contribution in [0.2, 0.25) is 0 Å². The van der Waals surface area contributed by atoms with Crippen molar-refractivity contribution in [3.63, 3.8) is 0 Å². The molecule has 1 saturated heterocycles. The van der Waals surface area contributed by atoms with E-state index in [1.54, 1.807) is 25.3 Å². The summed E-state index contributed by atoms with van der Waals surface area (Å²) in [6.45, 7) is 3.10. The van der Waals surface area contributed by atoms with Crippen LogP contribution in [0.3, 0.4) is 0 Å². The summed E-state index contributed by atoms with van der Waals surface area (Å²) in [5, 5.41) is 9.01. The highest BCUT2D eigenvalue weighted by Crippen LogP contribution is 2.27. The van der Waals surface area contributed by atoms with Gasteiger partial charge in [-0.3, -0.25) is 4.79 Å². The summed E-state index contributed by atoms with van der Waals surface area (Å²) in [6.07, 6.45) is 4.58. The molecule has 3 rings (SSSR count). The molecule has 1 N–H and O–H groups in total. The van der Waals surface area contributed by atoms with Crippen LogP contribution in [-0.2, 0) is 7.05 Å². The Kier molecular flexibility index (Phi) is 3.90. The number of rotatable bonds is 3. The number of likely N-dealkylation sites (tertiary alicyclic amines) is 1. The van der Waals surface area contributed by atoms with Crippen molar-refractivity contribution < 1.29 is 14.7 Å². The Labute approximate surface area is 134 Å². The molecule has 1 aromatic carbocycles.